The van der Waals surface area contributed by atoms with Crippen LogP contribution in [-0.2, 0) is 22.6 Å². The van der Waals surface area contributed by atoms with Crippen LogP contribution in [0.1, 0.15) is 5.56 Å². The van der Waals surface area contributed by atoms with E-state index in [1.807, 2.05) is 34.9 Å². The highest BCUT2D eigenvalue weighted by Crippen LogP contribution is 2.28. The maximum atomic E-state index is 10.2. The van der Waals surface area contributed by atoms with E-state index >= 15 is 0 Å². The van der Waals surface area contributed by atoms with Crippen LogP contribution in [0.25, 0.3) is 11.0 Å². The molecule has 0 aliphatic carbocycles. The minimum atomic E-state index is -1.59. The molecule has 0 bridgehead atoms. The lowest BCUT2D eigenvalue weighted by Crippen LogP contribution is -2.59. The maximum absolute atomic E-state index is 10.2. The molecule has 1 saturated heterocycles. The summed E-state index contributed by atoms with van der Waals surface area (Å²) in [6, 6.07) is 13.0. The fourth-order valence-electron chi connectivity index (χ4n) is 3.65. The Bertz CT molecular complexity index is 1020. The van der Waals surface area contributed by atoms with Crippen molar-refractivity contribution in [3.05, 3.63) is 54.4 Å². The van der Waals surface area contributed by atoms with Crippen molar-refractivity contribution in [3.8, 4) is 11.5 Å². The summed E-state index contributed by atoms with van der Waals surface area (Å²) in [5, 5.41) is 39.5. The van der Waals surface area contributed by atoms with Gasteiger partial charge in [0.05, 0.1) is 25.6 Å². The monoisotopic (exact) mass is 446 g/mol. The van der Waals surface area contributed by atoms with Crippen molar-refractivity contribution in [1.29, 1.82) is 0 Å². The van der Waals surface area contributed by atoms with E-state index in [0.29, 0.717) is 23.3 Å². The third-order valence-electron chi connectivity index (χ3n) is 5.49. The summed E-state index contributed by atoms with van der Waals surface area (Å²) < 4.78 is 12.2. The Morgan fingerprint density at radius 1 is 1.06 bits per heavy atom. The molecule has 5 atom stereocenters. The summed E-state index contributed by atoms with van der Waals surface area (Å²) in [7, 11) is 1.62. The molecule has 1 aliphatic rings. The van der Waals surface area contributed by atoms with Crippen LogP contribution in [0.2, 0.25) is 0 Å². The molecule has 0 spiro atoms. The lowest BCUT2D eigenvalue weighted by molar-refractivity contribution is -0.364. The number of nitrogens with zero attached hydrogens (tertiary/aromatic N) is 2. The Labute approximate surface area is 184 Å². The molecule has 0 saturated carbocycles. The second-order valence-electron chi connectivity index (χ2n) is 7.53. The average Bonchev–Trinajstić information content (AvgIpc) is 3.24. The molecule has 10 heteroatoms. The molecule has 3 aromatic rings. The van der Waals surface area contributed by atoms with Gasteiger partial charge in [-0.1, -0.05) is 18.2 Å². The summed E-state index contributed by atoms with van der Waals surface area (Å²) in [4.78, 5) is 15.1. The molecule has 0 unspecified atom stereocenters. The summed E-state index contributed by atoms with van der Waals surface area (Å²) >= 11 is 0. The molecular weight excluding hydrogens is 420 g/mol. The molecule has 10 nitrogen and oxygen atoms in total. The summed E-state index contributed by atoms with van der Waals surface area (Å²) in [5.41, 5.74) is 2.48. The summed E-state index contributed by atoms with van der Waals surface area (Å²) in [5.74, 6) is 1.12. The van der Waals surface area contributed by atoms with Crippen LogP contribution in [0, 0.1) is 0 Å². The van der Waals surface area contributed by atoms with Gasteiger partial charge in [0.1, 0.15) is 29.6 Å². The smallest absolute Gasteiger partial charge is 0.191 e. The van der Waals surface area contributed by atoms with Gasteiger partial charge >= 0.3 is 0 Å². The van der Waals surface area contributed by atoms with E-state index in [9.17, 15) is 20.4 Å². The predicted octanol–water partition coefficient (Wildman–Crippen LogP) is 0.398. The van der Waals surface area contributed by atoms with Crippen LogP contribution in [-0.4, -0.2) is 74.4 Å². The number of aromatic nitrogens is 2. The molecule has 2 heterocycles. The molecule has 1 aliphatic heterocycles. The number of hydrogen-bond acceptors (Lipinski definition) is 9. The van der Waals surface area contributed by atoms with Crippen molar-refractivity contribution in [3.63, 3.8) is 0 Å². The molecule has 1 aromatic heterocycles. The molecule has 0 radical (unpaired) electrons. The van der Waals surface area contributed by atoms with Crippen LogP contribution >= 0.6 is 0 Å². The van der Waals surface area contributed by atoms with Crippen molar-refractivity contribution in [2.75, 3.05) is 13.7 Å². The lowest BCUT2D eigenvalue weighted by Gasteiger charge is -2.38. The van der Waals surface area contributed by atoms with Gasteiger partial charge in [0.15, 0.2) is 18.1 Å². The number of aryl methyl sites for hydroxylation is 2. The van der Waals surface area contributed by atoms with Crippen molar-refractivity contribution in [2.45, 2.75) is 43.7 Å². The number of rotatable bonds is 8. The van der Waals surface area contributed by atoms with Gasteiger partial charge in [0.2, 0.25) is 0 Å². The second kappa shape index (κ2) is 9.82. The number of hydrogen-bond donors (Lipinski definition) is 4. The fraction of sp³-hybridized carbons (Fsp3) is 0.409. The minimum Gasteiger partial charge on any atom is -0.497 e. The maximum Gasteiger partial charge on any atom is 0.191 e. The molecule has 172 valence electrons. The van der Waals surface area contributed by atoms with E-state index in [1.165, 1.54) is 0 Å². The van der Waals surface area contributed by atoms with E-state index < -0.39 is 37.3 Å². The zero-order valence-electron chi connectivity index (χ0n) is 17.4. The second-order valence-corrected chi connectivity index (χ2v) is 7.53. The van der Waals surface area contributed by atoms with Gasteiger partial charge in [-0.05, 0) is 36.2 Å². The van der Waals surface area contributed by atoms with Gasteiger partial charge in [-0.15, -0.1) is 0 Å². The normalized spacial score (nSPS) is 25.7. The summed E-state index contributed by atoms with van der Waals surface area (Å²) in [6.07, 6.45) is -4.61. The standard InChI is InChI=1S/C22H26N2O8/c1-29-14-7-5-13(6-8-14)9-10-24-12-23-15-3-2-4-16(18(15)24)31-32-21-20(27)19(26)17(11-25)30-22(21)28/h2-8,12,17,19-22,25-28H,9-11H2,1H3/t17-,19-,20+,21-,22-/m1/s1. The topological polar surface area (TPSA) is 136 Å². The summed E-state index contributed by atoms with van der Waals surface area (Å²) in [6.45, 7) is 0.0629. The number of aliphatic hydroxyl groups is 4. The zero-order chi connectivity index (χ0) is 22.7. The molecular formula is C22H26N2O8. The first-order valence-corrected chi connectivity index (χ1v) is 10.2. The van der Waals surface area contributed by atoms with Gasteiger partial charge in [0, 0.05) is 6.54 Å². The van der Waals surface area contributed by atoms with Gasteiger partial charge in [-0.2, -0.15) is 4.89 Å². The first kappa shape index (κ1) is 22.5. The van der Waals surface area contributed by atoms with Crippen molar-refractivity contribution < 1.29 is 39.7 Å². The van der Waals surface area contributed by atoms with Crippen LogP contribution < -0.4 is 9.62 Å². The average molecular weight is 446 g/mol. The predicted molar refractivity (Wildman–Crippen MR) is 112 cm³/mol. The molecule has 4 rings (SSSR count). The highest BCUT2D eigenvalue weighted by Gasteiger charge is 2.45. The van der Waals surface area contributed by atoms with Crippen LogP contribution in [0.3, 0.4) is 0 Å². The first-order valence-electron chi connectivity index (χ1n) is 10.2. The van der Waals surface area contributed by atoms with Gasteiger partial charge in [-0.3, -0.25) is 0 Å². The van der Waals surface area contributed by atoms with E-state index in [1.54, 1.807) is 25.6 Å². The van der Waals surface area contributed by atoms with Gasteiger partial charge < -0.3 is 39.4 Å². The van der Waals surface area contributed by atoms with Crippen LogP contribution in [0.4, 0.5) is 0 Å². The van der Waals surface area contributed by atoms with Gasteiger partial charge in [0.25, 0.3) is 0 Å². The number of imidazole rings is 1. The van der Waals surface area contributed by atoms with Crippen molar-refractivity contribution in [1.82, 2.24) is 9.55 Å². The van der Waals surface area contributed by atoms with Crippen LogP contribution in [0.5, 0.6) is 11.5 Å². The Kier molecular flexibility index (Phi) is 6.89. The number of aliphatic hydroxyl groups excluding tert-OH is 4. The highest BCUT2D eigenvalue weighted by atomic mass is 17.2. The zero-order valence-corrected chi connectivity index (χ0v) is 17.4. The number of ether oxygens (including phenoxy) is 2. The SMILES string of the molecule is COc1ccc(CCn2cnc3cccc(OO[C@@H]4[C@@H](O)[C@H](O)[C@@H](CO)O[C@H]4O)c32)cc1. The van der Waals surface area contributed by atoms with Crippen molar-refractivity contribution >= 4 is 11.0 Å². The quantitative estimate of drug-likeness (QED) is 0.286. The third kappa shape index (κ3) is 4.56. The van der Waals surface area contributed by atoms with E-state index in [4.69, 9.17) is 19.2 Å². The molecule has 32 heavy (non-hydrogen) atoms. The van der Waals surface area contributed by atoms with E-state index in [0.717, 1.165) is 17.7 Å². The fourth-order valence-corrected chi connectivity index (χ4v) is 3.65. The Hall–Kier alpha value is -2.73. The lowest BCUT2D eigenvalue weighted by atomic mass is 9.99. The number of benzene rings is 2. The first-order chi connectivity index (χ1) is 15.5. The molecule has 1 fully saturated rings. The van der Waals surface area contributed by atoms with E-state index in [2.05, 4.69) is 4.98 Å². The Morgan fingerprint density at radius 3 is 2.56 bits per heavy atom. The minimum absolute atomic E-state index is 0.327. The number of fused-ring (bicyclic) bond motifs is 1. The molecule has 0 amide bonds. The Balaban J connectivity index is 1.48. The Morgan fingerprint density at radius 2 is 1.84 bits per heavy atom. The number of methoxy groups -OCH3 is 1. The highest BCUT2D eigenvalue weighted by molar-refractivity contribution is 5.81. The van der Waals surface area contributed by atoms with Crippen molar-refractivity contribution in [2.24, 2.45) is 0 Å². The number of para-hydroxylation sites is 1. The molecule has 2 aromatic carbocycles. The third-order valence-corrected chi connectivity index (χ3v) is 5.49. The largest absolute Gasteiger partial charge is 0.497 e. The molecule has 4 N–H and O–H groups in total. The van der Waals surface area contributed by atoms with E-state index in [-0.39, 0.29) is 0 Å². The van der Waals surface area contributed by atoms with Gasteiger partial charge in [-0.25, -0.2) is 4.98 Å². The van der Waals surface area contributed by atoms with Crippen LogP contribution in [0.15, 0.2) is 48.8 Å².